The minimum absolute atomic E-state index is 0.151. The minimum atomic E-state index is -0.672. The van der Waals surface area contributed by atoms with Crippen molar-refractivity contribution in [1.82, 2.24) is 15.1 Å². The van der Waals surface area contributed by atoms with Gasteiger partial charge in [0.25, 0.3) is 5.91 Å². The number of likely N-dealkylation sites (tertiary alicyclic amines) is 1. The highest BCUT2D eigenvalue weighted by Crippen LogP contribution is 2.34. The number of methoxy groups -OCH3 is 2. The van der Waals surface area contributed by atoms with Crippen molar-refractivity contribution >= 4 is 11.9 Å². The average molecular weight is 347 g/mol. The normalized spacial score (nSPS) is 20.0. The highest BCUT2D eigenvalue weighted by molar-refractivity contribution is 6.07. The fraction of sp³-hybridized carbons (Fsp3) is 0.556. The number of rotatable bonds is 5. The van der Waals surface area contributed by atoms with Crippen molar-refractivity contribution in [2.75, 3.05) is 33.9 Å². The second kappa shape index (κ2) is 6.92. The van der Waals surface area contributed by atoms with Crippen LogP contribution in [-0.4, -0.2) is 61.1 Å². The fourth-order valence-electron chi connectivity index (χ4n) is 3.84. The van der Waals surface area contributed by atoms with E-state index < -0.39 is 5.54 Å². The van der Waals surface area contributed by atoms with Crippen LogP contribution in [0.15, 0.2) is 18.2 Å². The van der Waals surface area contributed by atoms with Crippen molar-refractivity contribution in [3.63, 3.8) is 0 Å². The summed E-state index contributed by atoms with van der Waals surface area (Å²) in [7, 11) is 3.27. The Hall–Kier alpha value is -2.28. The second-order valence-corrected chi connectivity index (χ2v) is 6.53. The van der Waals surface area contributed by atoms with Crippen LogP contribution in [0.3, 0.4) is 0 Å². The molecule has 2 saturated heterocycles. The highest BCUT2D eigenvalue weighted by Gasteiger charge is 2.53. The van der Waals surface area contributed by atoms with Gasteiger partial charge in [-0.25, -0.2) is 4.79 Å². The molecule has 1 aromatic carbocycles. The summed E-state index contributed by atoms with van der Waals surface area (Å²) in [6.45, 7) is 4.73. The number of likely N-dealkylation sites (N-methyl/N-ethyl adjacent to an activating group) is 1. The van der Waals surface area contributed by atoms with Gasteiger partial charge in [-0.3, -0.25) is 15.0 Å². The van der Waals surface area contributed by atoms with Gasteiger partial charge in [-0.2, -0.15) is 0 Å². The second-order valence-electron chi connectivity index (χ2n) is 6.53. The Bertz CT molecular complexity index is 646. The van der Waals surface area contributed by atoms with E-state index in [-0.39, 0.29) is 11.9 Å². The lowest BCUT2D eigenvalue weighted by atomic mass is 9.86. The first kappa shape index (κ1) is 17.5. The maximum atomic E-state index is 12.3. The molecule has 7 heteroatoms. The van der Waals surface area contributed by atoms with Gasteiger partial charge < -0.3 is 14.4 Å². The van der Waals surface area contributed by atoms with Crippen LogP contribution in [0.2, 0.25) is 0 Å². The number of benzene rings is 1. The first-order valence-electron chi connectivity index (χ1n) is 8.59. The first-order valence-corrected chi connectivity index (χ1v) is 8.59. The zero-order valence-electron chi connectivity index (χ0n) is 15.0. The molecule has 0 aliphatic carbocycles. The summed E-state index contributed by atoms with van der Waals surface area (Å²) in [5.41, 5.74) is 0.431. The lowest BCUT2D eigenvalue weighted by Crippen LogP contribution is -2.56. The Kier molecular flexibility index (Phi) is 4.85. The van der Waals surface area contributed by atoms with E-state index in [1.807, 2.05) is 25.1 Å². The largest absolute Gasteiger partial charge is 0.497 e. The first-order chi connectivity index (χ1) is 12.0. The summed E-state index contributed by atoms with van der Waals surface area (Å²) >= 11 is 0. The van der Waals surface area contributed by atoms with Gasteiger partial charge in [0, 0.05) is 32.2 Å². The van der Waals surface area contributed by atoms with Gasteiger partial charge >= 0.3 is 6.03 Å². The molecule has 136 valence electrons. The summed E-state index contributed by atoms with van der Waals surface area (Å²) in [6.07, 6.45) is 1.30. The number of carbonyl (C=O) groups excluding carboxylic acids is 2. The van der Waals surface area contributed by atoms with Crippen LogP contribution in [0.5, 0.6) is 11.5 Å². The van der Waals surface area contributed by atoms with Crippen LogP contribution in [-0.2, 0) is 11.3 Å². The third kappa shape index (κ3) is 3.16. The number of imide groups is 1. The van der Waals surface area contributed by atoms with Crippen LogP contribution in [0.4, 0.5) is 4.79 Å². The number of nitrogens with zero attached hydrogens (tertiary/aromatic N) is 2. The predicted octanol–water partition coefficient (Wildman–Crippen LogP) is 1.61. The van der Waals surface area contributed by atoms with E-state index in [1.54, 1.807) is 19.1 Å². The Labute approximate surface area is 147 Å². The summed E-state index contributed by atoms with van der Waals surface area (Å²) in [5, 5.41) is 2.47. The van der Waals surface area contributed by atoms with E-state index in [9.17, 15) is 9.59 Å². The maximum absolute atomic E-state index is 12.3. The molecule has 7 nitrogen and oxygen atoms in total. The Morgan fingerprint density at radius 3 is 2.20 bits per heavy atom. The van der Waals surface area contributed by atoms with E-state index >= 15 is 0 Å². The molecular weight excluding hydrogens is 322 g/mol. The fourth-order valence-corrected chi connectivity index (χ4v) is 3.84. The van der Waals surface area contributed by atoms with E-state index in [1.165, 1.54) is 0 Å². The van der Waals surface area contributed by atoms with E-state index in [0.717, 1.165) is 36.7 Å². The number of hydrogen-bond acceptors (Lipinski definition) is 5. The zero-order chi connectivity index (χ0) is 18.0. The topological polar surface area (TPSA) is 71.1 Å². The van der Waals surface area contributed by atoms with Gasteiger partial charge in [0.05, 0.1) is 14.2 Å². The molecule has 2 heterocycles. The number of hydrogen-bond donors (Lipinski definition) is 1. The molecule has 1 aromatic rings. The van der Waals surface area contributed by atoms with Crippen molar-refractivity contribution < 1.29 is 19.1 Å². The molecule has 2 aliphatic heterocycles. The minimum Gasteiger partial charge on any atom is -0.497 e. The van der Waals surface area contributed by atoms with Gasteiger partial charge in [-0.1, -0.05) is 0 Å². The average Bonchev–Trinajstić information content (AvgIpc) is 2.85. The van der Waals surface area contributed by atoms with E-state index in [4.69, 9.17) is 9.47 Å². The van der Waals surface area contributed by atoms with Crippen molar-refractivity contribution in [2.24, 2.45) is 0 Å². The Morgan fingerprint density at radius 2 is 1.68 bits per heavy atom. The van der Waals surface area contributed by atoms with Gasteiger partial charge in [0.1, 0.15) is 17.0 Å². The predicted molar refractivity (Wildman–Crippen MR) is 92.7 cm³/mol. The standard InChI is InChI=1S/C18H25N3O4/c1-4-21-17(23)19-16(22)18(21)5-7-20(8-6-18)12-13-9-14(24-2)11-15(10-13)25-3/h9-11H,4-8,12H2,1-3H3,(H,19,22,23). The number of carbonyl (C=O) groups is 2. The van der Waals surface area contributed by atoms with Gasteiger partial charge in [-0.15, -0.1) is 0 Å². The summed E-state index contributed by atoms with van der Waals surface area (Å²) in [4.78, 5) is 28.3. The summed E-state index contributed by atoms with van der Waals surface area (Å²) in [6, 6.07) is 5.58. The maximum Gasteiger partial charge on any atom is 0.325 e. The third-order valence-electron chi connectivity index (χ3n) is 5.22. The molecule has 1 spiro atoms. The molecule has 0 saturated carbocycles. The van der Waals surface area contributed by atoms with Crippen LogP contribution in [0.25, 0.3) is 0 Å². The molecule has 0 atom stereocenters. The Balaban J connectivity index is 1.69. The van der Waals surface area contributed by atoms with Crippen molar-refractivity contribution in [3.05, 3.63) is 23.8 Å². The van der Waals surface area contributed by atoms with Gasteiger partial charge in [0.15, 0.2) is 0 Å². The Morgan fingerprint density at radius 1 is 1.08 bits per heavy atom. The lowest BCUT2D eigenvalue weighted by Gasteiger charge is -2.41. The number of urea groups is 1. The van der Waals surface area contributed by atoms with Crippen molar-refractivity contribution in [2.45, 2.75) is 31.8 Å². The van der Waals surface area contributed by atoms with Crippen LogP contribution >= 0.6 is 0 Å². The molecule has 0 bridgehead atoms. The van der Waals surface area contributed by atoms with Gasteiger partial charge in [-0.05, 0) is 37.5 Å². The molecular formula is C18H25N3O4. The zero-order valence-corrected chi connectivity index (χ0v) is 15.0. The van der Waals surface area contributed by atoms with Crippen LogP contribution in [0, 0.1) is 0 Å². The molecule has 0 aromatic heterocycles. The highest BCUT2D eigenvalue weighted by atomic mass is 16.5. The quantitative estimate of drug-likeness (QED) is 0.820. The molecule has 0 unspecified atom stereocenters. The van der Waals surface area contributed by atoms with Crippen LogP contribution in [0.1, 0.15) is 25.3 Å². The molecule has 25 heavy (non-hydrogen) atoms. The lowest BCUT2D eigenvalue weighted by molar-refractivity contribution is -0.129. The smallest absolute Gasteiger partial charge is 0.325 e. The molecule has 0 radical (unpaired) electrons. The number of amides is 3. The van der Waals surface area contributed by atoms with E-state index in [0.29, 0.717) is 19.4 Å². The monoisotopic (exact) mass is 347 g/mol. The molecule has 3 rings (SSSR count). The molecule has 2 aliphatic rings. The summed E-state index contributed by atoms with van der Waals surface area (Å²) in [5.74, 6) is 1.38. The third-order valence-corrected chi connectivity index (χ3v) is 5.22. The number of nitrogens with one attached hydrogen (secondary N) is 1. The van der Waals surface area contributed by atoms with E-state index in [2.05, 4.69) is 10.2 Å². The summed E-state index contributed by atoms with van der Waals surface area (Å²) < 4.78 is 10.6. The van der Waals surface area contributed by atoms with Crippen molar-refractivity contribution in [1.29, 1.82) is 0 Å². The number of ether oxygens (including phenoxy) is 2. The molecule has 2 fully saturated rings. The van der Waals surface area contributed by atoms with Gasteiger partial charge in [0.2, 0.25) is 0 Å². The number of piperidine rings is 1. The molecule has 1 N–H and O–H groups in total. The SMILES string of the molecule is CCN1C(=O)NC(=O)C12CCN(Cc1cc(OC)cc(OC)c1)CC2. The van der Waals surface area contributed by atoms with Crippen LogP contribution < -0.4 is 14.8 Å². The van der Waals surface area contributed by atoms with Crippen molar-refractivity contribution in [3.8, 4) is 11.5 Å². The molecule has 3 amide bonds.